The molecule has 0 saturated carbocycles. The van der Waals surface area contributed by atoms with Crippen LogP contribution in [0.15, 0.2) is 18.5 Å². The number of nitrogens with zero attached hydrogens (tertiary/aromatic N) is 2. The van der Waals surface area contributed by atoms with Gasteiger partial charge in [-0.3, -0.25) is 9.88 Å². The zero-order valence-electron chi connectivity index (χ0n) is 11.6. The second kappa shape index (κ2) is 6.30. The smallest absolute Gasteiger partial charge is 0.0406 e. The van der Waals surface area contributed by atoms with Crippen LogP contribution in [0, 0.1) is 12.8 Å². The van der Waals surface area contributed by atoms with Crippen LogP contribution in [0.2, 0.25) is 0 Å². The van der Waals surface area contributed by atoms with E-state index in [0.29, 0.717) is 12.0 Å². The molecule has 3 heteroatoms. The molecule has 2 N–H and O–H groups in total. The Balaban J connectivity index is 2.30. The highest BCUT2D eigenvalue weighted by molar-refractivity contribution is 5.26. The molecule has 3 nitrogen and oxygen atoms in total. The van der Waals surface area contributed by atoms with E-state index < -0.39 is 0 Å². The van der Waals surface area contributed by atoms with Gasteiger partial charge in [0.05, 0.1) is 0 Å². The normalized spacial score (nSPS) is 25.3. The fraction of sp³-hybridized carbons (Fsp3) is 0.667. The van der Waals surface area contributed by atoms with E-state index in [2.05, 4.69) is 29.8 Å². The molecule has 2 atom stereocenters. The molecule has 1 saturated heterocycles. The summed E-state index contributed by atoms with van der Waals surface area (Å²) < 4.78 is 0. The van der Waals surface area contributed by atoms with Gasteiger partial charge in [-0.2, -0.15) is 0 Å². The highest BCUT2D eigenvalue weighted by Gasteiger charge is 2.32. The van der Waals surface area contributed by atoms with Crippen LogP contribution in [0.4, 0.5) is 0 Å². The Hall–Kier alpha value is -0.930. The van der Waals surface area contributed by atoms with Crippen LogP contribution in [-0.2, 0) is 0 Å². The minimum Gasteiger partial charge on any atom is -0.330 e. The monoisotopic (exact) mass is 247 g/mol. The Morgan fingerprint density at radius 2 is 2.33 bits per heavy atom. The van der Waals surface area contributed by atoms with Gasteiger partial charge >= 0.3 is 0 Å². The SMILES string of the molecule is CCCN1CCCC(CN)C1c1cnccc1C. The topological polar surface area (TPSA) is 42.1 Å². The Morgan fingerprint density at radius 1 is 1.50 bits per heavy atom. The molecule has 100 valence electrons. The third-order valence-electron chi connectivity index (χ3n) is 4.07. The number of aryl methyl sites for hydroxylation is 1. The summed E-state index contributed by atoms with van der Waals surface area (Å²) in [5.41, 5.74) is 8.71. The first-order valence-electron chi connectivity index (χ1n) is 7.12. The first-order chi connectivity index (χ1) is 8.77. The van der Waals surface area contributed by atoms with Crippen LogP contribution >= 0.6 is 0 Å². The van der Waals surface area contributed by atoms with Gasteiger partial charge in [0, 0.05) is 18.4 Å². The molecule has 0 amide bonds. The first kappa shape index (κ1) is 13.5. The third kappa shape index (κ3) is 2.73. The van der Waals surface area contributed by atoms with Gasteiger partial charge in [-0.05, 0) is 68.9 Å². The molecular weight excluding hydrogens is 222 g/mol. The number of piperidine rings is 1. The molecule has 1 aromatic heterocycles. The minimum absolute atomic E-state index is 0.470. The highest BCUT2D eigenvalue weighted by Crippen LogP contribution is 2.36. The van der Waals surface area contributed by atoms with Crippen molar-refractivity contribution in [2.24, 2.45) is 11.7 Å². The quantitative estimate of drug-likeness (QED) is 0.889. The number of aromatic nitrogens is 1. The van der Waals surface area contributed by atoms with Gasteiger partial charge in [-0.25, -0.2) is 0 Å². The maximum Gasteiger partial charge on any atom is 0.0406 e. The van der Waals surface area contributed by atoms with E-state index in [9.17, 15) is 0 Å². The number of hydrogen-bond donors (Lipinski definition) is 1. The molecule has 1 aliphatic rings. The van der Waals surface area contributed by atoms with Gasteiger partial charge in [0.1, 0.15) is 0 Å². The second-order valence-corrected chi connectivity index (χ2v) is 5.35. The standard InChI is InChI=1S/C15H25N3/c1-3-8-18-9-4-5-13(10-16)15(18)14-11-17-7-6-12(14)2/h6-7,11,13,15H,3-5,8-10,16H2,1-2H3. The van der Waals surface area contributed by atoms with Gasteiger partial charge < -0.3 is 5.73 Å². The Morgan fingerprint density at radius 3 is 3.00 bits per heavy atom. The average Bonchev–Trinajstić information content (AvgIpc) is 2.40. The van der Waals surface area contributed by atoms with Crippen molar-refractivity contribution < 1.29 is 0 Å². The van der Waals surface area contributed by atoms with Crippen LogP contribution in [-0.4, -0.2) is 29.5 Å². The van der Waals surface area contributed by atoms with E-state index >= 15 is 0 Å². The van der Waals surface area contributed by atoms with Crippen molar-refractivity contribution in [3.05, 3.63) is 29.6 Å². The van der Waals surface area contributed by atoms with E-state index in [1.165, 1.54) is 36.9 Å². The molecular formula is C15H25N3. The lowest BCUT2D eigenvalue weighted by molar-refractivity contribution is 0.0953. The van der Waals surface area contributed by atoms with Gasteiger partial charge in [0.25, 0.3) is 0 Å². The molecule has 1 fully saturated rings. The van der Waals surface area contributed by atoms with Crippen LogP contribution in [0.3, 0.4) is 0 Å². The van der Waals surface area contributed by atoms with Crippen molar-refractivity contribution in [3.63, 3.8) is 0 Å². The molecule has 1 aliphatic heterocycles. The summed E-state index contributed by atoms with van der Waals surface area (Å²) >= 11 is 0. The zero-order chi connectivity index (χ0) is 13.0. The van der Waals surface area contributed by atoms with Crippen LogP contribution in [0.25, 0.3) is 0 Å². The molecule has 0 aromatic carbocycles. The number of hydrogen-bond acceptors (Lipinski definition) is 3. The van der Waals surface area contributed by atoms with E-state index in [4.69, 9.17) is 5.73 Å². The summed E-state index contributed by atoms with van der Waals surface area (Å²) in [5, 5.41) is 0. The minimum atomic E-state index is 0.470. The van der Waals surface area contributed by atoms with Crippen molar-refractivity contribution >= 4 is 0 Å². The number of pyridine rings is 1. The number of nitrogens with two attached hydrogens (primary N) is 1. The number of likely N-dealkylation sites (tertiary alicyclic amines) is 1. The van der Waals surface area contributed by atoms with Crippen molar-refractivity contribution in [1.82, 2.24) is 9.88 Å². The lowest BCUT2D eigenvalue weighted by Crippen LogP contribution is -2.42. The van der Waals surface area contributed by atoms with Gasteiger partial charge in [-0.15, -0.1) is 0 Å². The predicted octanol–water partition coefficient (Wildman–Crippen LogP) is 2.51. The average molecular weight is 247 g/mol. The lowest BCUT2D eigenvalue weighted by atomic mass is 9.83. The molecule has 2 rings (SSSR count). The Kier molecular flexibility index (Phi) is 4.72. The lowest BCUT2D eigenvalue weighted by Gasteiger charge is -2.41. The zero-order valence-corrected chi connectivity index (χ0v) is 11.6. The second-order valence-electron chi connectivity index (χ2n) is 5.35. The largest absolute Gasteiger partial charge is 0.330 e. The van der Waals surface area contributed by atoms with Crippen LogP contribution < -0.4 is 5.73 Å². The maximum absolute atomic E-state index is 5.99. The summed E-state index contributed by atoms with van der Waals surface area (Å²) in [6.07, 6.45) is 7.64. The fourth-order valence-corrected chi connectivity index (χ4v) is 3.17. The van der Waals surface area contributed by atoms with Crippen molar-refractivity contribution in [2.75, 3.05) is 19.6 Å². The molecule has 18 heavy (non-hydrogen) atoms. The summed E-state index contributed by atoms with van der Waals surface area (Å²) in [7, 11) is 0. The summed E-state index contributed by atoms with van der Waals surface area (Å²) in [4.78, 5) is 6.92. The molecule has 0 spiro atoms. The van der Waals surface area contributed by atoms with Gasteiger partial charge in [0.15, 0.2) is 0 Å². The van der Waals surface area contributed by atoms with Crippen LogP contribution in [0.5, 0.6) is 0 Å². The summed E-state index contributed by atoms with van der Waals surface area (Å²) in [6, 6.07) is 2.58. The Labute approximate surface area is 110 Å². The van der Waals surface area contributed by atoms with Crippen LogP contribution in [0.1, 0.15) is 43.4 Å². The van der Waals surface area contributed by atoms with Gasteiger partial charge in [0.2, 0.25) is 0 Å². The molecule has 1 aromatic rings. The van der Waals surface area contributed by atoms with Gasteiger partial charge in [-0.1, -0.05) is 6.92 Å². The molecule has 2 heterocycles. The van der Waals surface area contributed by atoms with E-state index in [1.807, 2.05) is 12.4 Å². The summed E-state index contributed by atoms with van der Waals surface area (Å²) in [5.74, 6) is 0.577. The highest BCUT2D eigenvalue weighted by atomic mass is 15.2. The van der Waals surface area contributed by atoms with E-state index in [-0.39, 0.29) is 0 Å². The van der Waals surface area contributed by atoms with Crippen molar-refractivity contribution in [3.8, 4) is 0 Å². The van der Waals surface area contributed by atoms with E-state index in [1.54, 1.807) is 0 Å². The molecule has 0 radical (unpaired) electrons. The predicted molar refractivity (Wildman–Crippen MR) is 75.4 cm³/mol. The van der Waals surface area contributed by atoms with Crippen molar-refractivity contribution in [2.45, 2.75) is 39.2 Å². The van der Waals surface area contributed by atoms with Crippen molar-refractivity contribution in [1.29, 1.82) is 0 Å². The molecule has 0 bridgehead atoms. The maximum atomic E-state index is 5.99. The third-order valence-corrected chi connectivity index (χ3v) is 4.07. The first-order valence-corrected chi connectivity index (χ1v) is 7.12. The fourth-order valence-electron chi connectivity index (χ4n) is 3.17. The summed E-state index contributed by atoms with van der Waals surface area (Å²) in [6.45, 7) is 7.57. The van der Waals surface area contributed by atoms with E-state index in [0.717, 1.165) is 13.1 Å². The molecule has 2 unspecified atom stereocenters. The molecule has 0 aliphatic carbocycles. The Bertz CT molecular complexity index is 376. The number of rotatable bonds is 4.